The van der Waals surface area contributed by atoms with Gasteiger partial charge in [0.15, 0.2) is 0 Å². The molecule has 0 aliphatic rings. The number of aryl methyl sites for hydroxylation is 3. The van der Waals surface area contributed by atoms with Gasteiger partial charge in [-0.25, -0.2) is 16.8 Å². The Labute approximate surface area is 229 Å². The van der Waals surface area contributed by atoms with Crippen molar-refractivity contribution in [3.05, 3.63) is 114 Å². The van der Waals surface area contributed by atoms with Crippen LogP contribution in [0, 0.1) is 20.8 Å². The first-order valence-electron chi connectivity index (χ1n) is 12.1. The second-order valence-corrected chi connectivity index (χ2v) is 12.6. The minimum absolute atomic E-state index is 0.0241. The van der Waals surface area contributed by atoms with Gasteiger partial charge >= 0.3 is 0 Å². The third kappa shape index (κ3) is 6.47. The maximum absolute atomic E-state index is 13.5. The molecule has 1 amide bonds. The molecule has 8 nitrogen and oxygen atoms in total. The highest BCUT2D eigenvalue weighted by molar-refractivity contribution is 7.93. The zero-order valence-electron chi connectivity index (χ0n) is 21.7. The zero-order chi connectivity index (χ0) is 28.2. The Kier molecular flexibility index (Phi) is 8.08. The van der Waals surface area contributed by atoms with Gasteiger partial charge in [0.25, 0.3) is 20.0 Å². The number of carbonyl (C=O) groups is 1. The molecule has 0 saturated carbocycles. The molecule has 0 bridgehead atoms. The van der Waals surface area contributed by atoms with Gasteiger partial charge in [0.05, 0.1) is 21.2 Å². The normalized spacial score (nSPS) is 11.6. The molecule has 4 aromatic carbocycles. The van der Waals surface area contributed by atoms with Crippen molar-refractivity contribution in [3.8, 4) is 0 Å². The van der Waals surface area contributed by atoms with Gasteiger partial charge in [-0.2, -0.15) is 0 Å². The Morgan fingerprint density at radius 1 is 0.692 bits per heavy atom. The van der Waals surface area contributed by atoms with E-state index in [1.807, 2.05) is 39.0 Å². The second kappa shape index (κ2) is 11.3. The topological polar surface area (TPSA) is 113 Å². The van der Waals surface area contributed by atoms with Crippen LogP contribution in [0.1, 0.15) is 16.7 Å². The molecule has 0 aromatic heterocycles. The number of benzene rings is 4. The molecule has 0 atom stereocenters. The van der Waals surface area contributed by atoms with Crippen LogP contribution in [0.3, 0.4) is 0 Å². The van der Waals surface area contributed by atoms with E-state index >= 15 is 0 Å². The molecule has 0 unspecified atom stereocenters. The lowest BCUT2D eigenvalue weighted by Crippen LogP contribution is -2.38. The fourth-order valence-electron chi connectivity index (χ4n) is 3.96. The lowest BCUT2D eigenvalue weighted by Gasteiger charge is -2.24. The van der Waals surface area contributed by atoms with Crippen LogP contribution in [-0.2, 0) is 24.8 Å². The van der Waals surface area contributed by atoms with Crippen molar-refractivity contribution in [1.82, 2.24) is 0 Å². The first kappa shape index (κ1) is 27.9. The number of nitrogens with zero attached hydrogens (tertiary/aromatic N) is 1. The molecule has 4 aromatic rings. The van der Waals surface area contributed by atoms with Gasteiger partial charge in [-0.15, -0.1) is 0 Å². The predicted octanol–water partition coefficient (Wildman–Crippen LogP) is 5.25. The Morgan fingerprint density at radius 3 is 1.85 bits per heavy atom. The van der Waals surface area contributed by atoms with Crippen molar-refractivity contribution >= 4 is 43.0 Å². The SMILES string of the molecule is Cc1ccc(S(=O)(=O)N(CC(=O)Nc2ccc(S(=O)(=O)Nc3c(C)cccc3C)cc2)c2ccccc2)cc1. The van der Waals surface area contributed by atoms with Gasteiger partial charge in [0.1, 0.15) is 6.54 Å². The standard InChI is InChI=1S/C29H29N3O5S2/c1-21-12-16-27(17-13-21)39(36,37)32(25-10-5-4-6-11-25)20-28(33)30-24-14-18-26(19-15-24)38(34,35)31-29-22(2)8-7-9-23(29)3/h4-19,31H,20H2,1-3H3,(H,30,33). The summed E-state index contributed by atoms with van der Waals surface area (Å²) in [4.78, 5) is 13.1. The van der Waals surface area contributed by atoms with Crippen molar-refractivity contribution < 1.29 is 21.6 Å². The number of anilines is 3. The van der Waals surface area contributed by atoms with E-state index in [9.17, 15) is 21.6 Å². The molecule has 0 fully saturated rings. The van der Waals surface area contributed by atoms with Crippen LogP contribution in [0.15, 0.2) is 107 Å². The molecule has 10 heteroatoms. The van der Waals surface area contributed by atoms with E-state index in [-0.39, 0.29) is 9.79 Å². The number of hydrogen-bond donors (Lipinski definition) is 2. The number of para-hydroxylation sites is 2. The summed E-state index contributed by atoms with van der Waals surface area (Å²) < 4.78 is 56.5. The van der Waals surface area contributed by atoms with Crippen molar-refractivity contribution in [2.24, 2.45) is 0 Å². The van der Waals surface area contributed by atoms with Gasteiger partial charge in [-0.1, -0.05) is 54.1 Å². The fourth-order valence-corrected chi connectivity index (χ4v) is 6.59. The van der Waals surface area contributed by atoms with Crippen molar-refractivity contribution in [1.29, 1.82) is 0 Å². The summed E-state index contributed by atoms with van der Waals surface area (Å²) in [5.74, 6) is -0.584. The number of amides is 1. The average Bonchev–Trinajstić information content (AvgIpc) is 2.90. The molecule has 39 heavy (non-hydrogen) atoms. The summed E-state index contributed by atoms with van der Waals surface area (Å²) in [6.07, 6.45) is 0. The molecule has 0 spiro atoms. The zero-order valence-corrected chi connectivity index (χ0v) is 23.4. The molecule has 0 radical (unpaired) electrons. The minimum atomic E-state index is -4.04. The van der Waals surface area contributed by atoms with E-state index in [1.54, 1.807) is 42.5 Å². The van der Waals surface area contributed by atoms with Gasteiger partial charge in [0.2, 0.25) is 5.91 Å². The molecular formula is C29H29N3O5S2. The molecule has 4 rings (SSSR count). The van der Waals surface area contributed by atoms with E-state index < -0.39 is 32.5 Å². The third-order valence-corrected chi connectivity index (χ3v) is 9.26. The van der Waals surface area contributed by atoms with E-state index in [4.69, 9.17) is 0 Å². The Morgan fingerprint density at radius 2 is 1.26 bits per heavy atom. The van der Waals surface area contributed by atoms with Crippen LogP contribution in [0.4, 0.5) is 17.1 Å². The molecule has 2 N–H and O–H groups in total. The first-order chi connectivity index (χ1) is 18.5. The summed E-state index contributed by atoms with van der Waals surface area (Å²) in [7, 11) is -7.90. The number of hydrogen-bond acceptors (Lipinski definition) is 5. The van der Waals surface area contributed by atoms with Crippen molar-refractivity contribution in [2.45, 2.75) is 30.6 Å². The van der Waals surface area contributed by atoms with Crippen LogP contribution in [0.25, 0.3) is 0 Å². The average molecular weight is 564 g/mol. The number of sulfonamides is 2. The Hall–Kier alpha value is -4.15. The molecule has 0 saturated heterocycles. The summed E-state index contributed by atoms with van der Waals surface area (Å²) in [5, 5.41) is 2.66. The number of carbonyl (C=O) groups excluding carboxylic acids is 1. The Bertz CT molecular complexity index is 1670. The van der Waals surface area contributed by atoms with Crippen LogP contribution in [-0.4, -0.2) is 29.3 Å². The number of rotatable bonds is 9. The molecular weight excluding hydrogens is 534 g/mol. The van der Waals surface area contributed by atoms with Crippen LogP contribution in [0.2, 0.25) is 0 Å². The minimum Gasteiger partial charge on any atom is -0.325 e. The van der Waals surface area contributed by atoms with E-state index in [1.165, 1.54) is 36.4 Å². The third-order valence-electron chi connectivity index (χ3n) is 6.11. The van der Waals surface area contributed by atoms with E-state index in [2.05, 4.69) is 10.0 Å². The van der Waals surface area contributed by atoms with E-state index in [0.29, 0.717) is 17.1 Å². The quantitative estimate of drug-likeness (QED) is 0.289. The Balaban J connectivity index is 1.52. The van der Waals surface area contributed by atoms with Gasteiger partial charge in [0, 0.05) is 5.69 Å². The van der Waals surface area contributed by atoms with E-state index in [0.717, 1.165) is 21.0 Å². The summed E-state index contributed by atoms with van der Waals surface area (Å²) >= 11 is 0. The smallest absolute Gasteiger partial charge is 0.264 e. The summed E-state index contributed by atoms with van der Waals surface area (Å²) in [6.45, 7) is 5.02. The highest BCUT2D eigenvalue weighted by Gasteiger charge is 2.27. The van der Waals surface area contributed by atoms with Crippen LogP contribution >= 0.6 is 0 Å². The summed E-state index contributed by atoms with van der Waals surface area (Å²) in [6, 6.07) is 25.9. The van der Waals surface area contributed by atoms with Crippen LogP contribution in [0.5, 0.6) is 0 Å². The molecule has 0 aliphatic carbocycles. The van der Waals surface area contributed by atoms with Crippen molar-refractivity contribution in [3.63, 3.8) is 0 Å². The maximum atomic E-state index is 13.5. The lowest BCUT2D eigenvalue weighted by molar-refractivity contribution is -0.114. The van der Waals surface area contributed by atoms with Crippen molar-refractivity contribution in [2.75, 3.05) is 20.9 Å². The highest BCUT2D eigenvalue weighted by atomic mass is 32.2. The lowest BCUT2D eigenvalue weighted by atomic mass is 10.1. The van der Waals surface area contributed by atoms with Gasteiger partial charge in [-0.3, -0.25) is 13.8 Å². The predicted molar refractivity (Wildman–Crippen MR) is 154 cm³/mol. The molecule has 0 aliphatic heterocycles. The van der Waals surface area contributed by atoms with Gasteiger partial charge in [-0.05, 0) is 80.4 Å². The number of nitrogens with one attached hydrogen (secondary N) is 2. The van der Waals surface area contributed by atoms with Gasteiger partial charge < -0.3 is 5.32 Å². The molecule has 202 valence electrons. The molecule has 0 heterocycles. The first-order valence-corrected chi connectivity index (χ1v) is 15.0. The second-order valence-electron chi connectivity index (χ2n) is 9.11. The fraction of sp³-hybridized carbons (Fsp3) is 0.138. The van der Waals surface area contributed by atoms with Crippen LogP contribution < -0.4 is 14.3 Å². The maximum Gasteiger partial charge on any atom is 0.264 e. The highest BCUT2D eigenvalue weighted by Crippen LogP contribution is 2.26. The summed E-state index contributed by atoms with van der Waals surface area (Å²) in [5.41, 5.74) is 3.69. The largest absolute Gasteiger partial charge is 0.325 e. The monoisotopic (exact) mass is 563 g/mol.